The van der Waals surface area contributed by atoms with Crippen LogP contribution in [0.25, 0.3) is 0 Å². The van der Waals surface area contributed by atoms with Gasteiger partial charge in [-0.05, 0) is 55.8 Å². The largest absolute Gasteiger partial charge is 0.299 e. The van der Waals surface area contributed by atoms with Crippen molar-refractivity contribution in [2.24, 2.45) is 35.5 Å². The average Bonchev–Trinajstić information content (AvgIpc) is 2.67. The van der Waals surface area contributed by atoms with E-state index in [9.17, 15) is 9.59 Å². The van der Waals surface area contributed by atoms with Crippen molar-refractivity contribution in [1.82, 2.24) is 0 Å². The second-order valence-corrected chi connectivity index (χ2v) is 9.67. The first-order chi connectivity index (χ1) is 12.2. The first kappa shape index (κ1) is 17.7. The number of rotatable bonds is 4. The Morgan fingerprint density at radius 2 is 1.28 bits per heavy atom. The molecule has 0 bridgehead atoms. The third kappa shape index (κ3) is 3.88. The summed E-state index contributed by atoms with van der Waals surface area (Å²) >= 11 is 0. The van der Waals surface area contributed by atoms with E-state index in [1.165, 1.54) is 70.6 Å². The molecule has 0 aliphatic heterocycles. The van der Waals surface area contributed by atoms with Crippen molar-refractivity contribution in [1.29, 1.82) is 0 Å². The van der Waals surface area contributed by atoms with Crippen molar-refractivity contribution < 1.29 is 9.59 Å². The highest BCUT2D eigenvalue weighted by Crippen LogP contribution is 2.46. The van der Waals surface area contributed by atoms with Crippen molar-refractivity contribution in [3.63, 3.8) is 0 Å². The minimum absolute atomic E-state index is 0.203. The Labute approximate surface area is 153 Å². The normalized spacial score (nSPS) is 41.4. The molecule has 0 aromatic heterocycles. The van der Waals surface area contributed by atoms with Crippen LogP contribution in [0.3, 0.4) is 0 Å². The van der Waals surface area contributed by atoms with Crippen LogP contribution in [0.15, 0.2) is 0 Å². The van der Waals surface area contributed by atoms with Crippen LogP contribution in [0.1, 0.15) is 96.3 Å². The molecule has 4 aliphatic rings. The first-order valence-corrected chi connectivity index (χ1v) is 11.3. The Kier molecular flexibility index (Phi) is 5.62. The fraction of sp³-hybridized carbons (Fsp3) is 0.913. The van der Waals surface area contributed by atoms with Crippen LogP contribution in [0.2, 0.25) is 0 Å². The molecule has 0 spiro atoms. The lowest BCUT2D eigenvalue weighted by molar-refractivity contribution is -0.135. The number of carbonyl (C=O) groups is 2. The van der Waals surface area contributed by atoms with Crippen molar-refractivity contribution in [2.45, 2.75) is 96.3 Å². The van der Waals surface area contributed by atoms with E-state index >= 15 is 0 Å². The third-order valence-electron chi connectivity index (χ3n) is 8.33. The molecular weight excluding hydrogens is 308 g/mol. The van der Waals surface area contributed by atoms with Crippen LogP contribution < -0.4 is 0 Å². The molecule has 4 aliphatic carbocycles. The summed E-state index contributed by atoms with van der Waals surface area (Å²) in [5.41, 5.74) is 0. The summed E-state index contributed by atoms with van der Waals surface area (Å²) in [5.74, 6) is 4.09. The molecule has 6 unspecified atom stereocenters. The Morgan fingerprint density at radius 1 is 0.600 bits per heavy atom. The minimum Gasteiger partial charge on any atom is -0.299 e. The van der Waals surface area contributed by atoms with Crippen LogP contribution in [0.4, 0.5) is 0 Å². The number of hydrogen-bond acceptors (Lipinski definition) is 2. The highest BCUT2D eigenvalue weighted by molar-refractivity contribution is 6.01. The van der Waals surface area contributed by atoms with Crippen molar-refractivity contribution in [2.75, 3.05) is 0 Å². The third-order valence-corrected chi connectivity index (χ3v) is 8.33. The van der Waals surface area contributed by atoms with Crippen LogP contribution in [0.5, 0.6) is 0 Å². The van der Waals surface area contributed by atoms with Gasteiger partial charge in [-0.1, -0.05) is 57.8 Å². The van der Waals surface area contributed by atoms with E-state index in [2.05, 4.69) is 0 Å². The summed E-state index contributed by atoms with van der Waals surface area (Å²) < 4.78 is 0. The highest BCUT2D eigenvalue weighted by Gasteiger charge is 2.40. The summed E-state index contributed by atoms with van der Waals surface area (Å²) in [4.78, 5) is 25.8. The lowest BCUT2D eigenvalue weighted by Gasteiger charge is -2.41. The summed E-state index contributed by atoms with van der Waals surface area (Å²) in [6, 6.07) is 0. The number of hydrogen-bond donors (Lipinski definition) is 0. The molecule has 0 radical (unpaired) electrons. The molecule has 0 aromatic carbocycles. The second-order valence-electron chi connectivity index (χ2n) is 9.67. The van der Waals surface area contributed by atoms with Crippen LogP contribution in [-0.2, 0) is 9.59 Å². The van der Waals surface area contributed by atoms with Gasteiger partial charge in [-0.25, -0.2) is 0 Å². The molecule has 140 valence electrons. The van der Waals surface area contributed by atoms with E-state index in [0.29, 0.717) is 17.5 Å². The topological polar surface area (TPSA) is 34.1 Å². The zero-order valence-electron chi connectivity index (χ0n) is 15.9. The van der Waals surface area contributed by atoms with Gasteiger partial charge in [0, 0.05) is 11.8 Å². The van der Waals surface area contributed by atoms with E-state index in [1.54, 1.807) is 0 Å². The quantitative estimate of drug-likeness (QED) is 0.610. The Bertz CT molecular complexity index is 494. The Morgan fingerprint density at radius 3 is 2.12 bits per heavy atom. The predicted molar refractivity (Wildman–Crippen MR) is 100 cm³/mol. The van der Waals surface area contributed by atoms with Crippen LogP contribution >= 0.6 is 0 Å². The summed E-state index contributed by atoms with van der Waals surface area (Å²) in [6.07, 6.45) is 17.9. The van der Waals surface area contributed by atoms with E-state index < -0.39 is 0 Å². The second kappa shape index (κ2) is 7.92. The highest BCUT2D eigenvalue weighted by atomic mass is 16.1. The number of carbonyl (C=O) groups excluding carboxylic acids is 2. The SMILES string of the molecule is O=C(CC(=O)C1CCCC2CCCCC21)C1CCC2CCCCC2C1. The molecule has 4 rings (SSSR count). The van der Waals surface area contributed by atoms with Gasteiger partial charge >= 0.3 is 0 Å². The number of fused-ring (bicyclic) bond motifs is 2. The van der Waals surface area contributed by atoms with Crippen LogP contribution in [0, 0.1) is 35.5 Å². The van der Waals surface area contributed by atoms with Gasteiger partial charge in [0.05, 0.1) is 6.42 Å². The molecule has 0 N–H and O–H groups in total. The Hall–Kier alpha value is -0.660. The Balaban J connectivity index is 1.33. The lowest BCUT2D eigenvalue weighted by Crippen LogP contribution is -2.37. The summed E-state index contributed by atoms with van der Waals surface area (Å²) in [6.45, 7) is 0. The van der Waals surface area contributed by atoms with Crippen molar-refractivity contribution >= 4 is 11.6 Å². The molecular formula is C23H36O2. The van der Waals surface area contributed by atoms with Gasteiger partial charge in [0.25, 0.3) is 0 Å². The summed E-state index contributed by atoms with van der Waals surface area (Å²) in [5, 5.41) is 0. The molecule has 4 fully saturated rings. The average molecular weight is 345 g/mol. The molecule has 25 heavy (non-hydrogen) atoms. The van der Waals surface area contributed by atoms with E-state index in [0.717, 1.165) is 37.0 Å². The minimum atomic E-state index is 0.203. The lowest BCUT2D eigenvalue weighted by atomic mass is 9.63. The maximum absolute atomic E-state index is 13.0. The van der Waals surface area contributed by atoms with Gasteiger partial charge in [0.1, 0.15) is 11.6 Å². The summed E-state index contributed by atoms with van der Waals surface area (Å²) in [7, 11) is 0. The van der Waals surface area contributed by atoms with Gasteiger partial charge < -0.3 is 0 Å². The maximum Gasteiger partial charge on any atom is 0.143 e. The van der Waals surface area contributed by atoms with Crippen molar-refractivity contribution in [3.05, 3.63) is 0 Å². The van der Waals surface area contributed by atoms with Gasteiger partial charge in [-0.15, -0.1) is 0 Å². The molecule has 0 aromatic rings. The monoisotopic (exact) mass is 344 g/mol. The van der Waals surface area contributed by atoms with Gasteiger partial charge in [0.2, 0.25) is 0 Å². The molecule has 0 heterocycles. The molecule has 6 atom stereocenters. The molecule has 0 saturated heterocycles. The number of ketones is 2. The first-order valence-electron chi connectivity index (χ1n) is 11.3. The van der Waals surface area contributed by atoms with E-state index in [1.807, 2.05) is 0 Å². The smallest absolute Gasteiger partial charge is 0.143 e. The number of Topliss-reactive ketones (excluding diaryl/α,β-unsaturated/α-hetero) is 2. The van der Waals surface area contributed by atoms with Crippen molar-refractivity contribution in [3.8, 4) is 0 Å². The molecule has 0 amide bonds. The maximum atomic E-state index is 13.0. The molecule has 4 saturated carbocycles. The van der Waals surface area contributed by atoms with Gasteiger partial charge in [-0.3, -0.25) is 9.59 Å². The van der Waals surface area contributed by atoms with E-state index in [4.69, 9.17) is 0 Å². The molecule has 2 heteroatoms. The van der Waals surface area contributed by atoms with E-state index in [-0.39, 0.29) is 18.3 Å². The zero-order valence-corrected chi connectivity index (χ0v) is 15.9. The van der Waals surface area contributed by atoms with Crippen LogP contribution in [-0.4, -0.2) is 11.6 Å². The standard InChI is InChI=1S/C23H36O2/c24-22(19-13-12-16-6-1-2-8-18(16)14-19)15-23(25)21-11-5-9-17-7-3-4-10-20(17)21/h16-21H,1-15H2. The van der Waals surface area contributed by atoms with Gasteiger partial charge in [-0.2, -0.15) is 0 Å². The predicted octanol–water partition coefficient (Wildman–Crippen LogP) is 5.73. The van der Waals surface area contributed by atoms with Gasteiger partial charge in [0.15, 0.2) is 0 Å². The zero-order chi connectivity index (χ0) is 17.2. The fourth-order valence-corrected chi connectivity index (χ4v) is 6.95. The fourth-order valence-electron chi connectivity index (χ4n) is 6.95. The molecule has 2 nitrogen and oxygen atoms in total.